The molecule has 0 heterocycles. The minimum absolute atomic E-state index is 0.146. The molecule has 0 radical (unpaired) electrons. The minimum atomic E-state index is -1.02. The van der Waals surface area contributed by atoms with Crippen molar-refractivity contribution in [3.8, 4) is 11.5 Å². The Kier molecular flexibility index (Phi) is 7.76. The first kappa shape index (κ1) is 22.9. The van der Waals surface area contributed by atoms with Gasteiger partial charge in [-0.25, -0.2) is 9.18 Å². The van der Waals surface area contributed by atoms with Crippen LogP contribution in [0.5, 0.6) is 11.5 Å². The molecule has 0 amide bonds. The highest BCUT2D eigenvalue weighted by atomic mass is 79.9. The minimum Gasteiger partial charge on any atom is -0.490 e. The van der Waals surface area contributed by atoms with E-state index in [1.54, 1.807) is 18.2 Å². The maximum absolute atomic E-state index is 13.1. The maximum Gasteiger partial charge on any atom is 0.335 e. The lowest BCUT2D eigenvalue weighted by Gasteiger charge is -2.16. The molecule has 0 bridgehead atoms. The fourth-order valence-electron chi connectivity index (χ4n) is 2.85. The highest BCUT2D eigenvalue weighted by molar-refractivity contribution is 9.10. The number of rotatable bonds is 9. The van der Waals surface area contributed by atoms with Crippen LogP contribution in [0.25, 0.3) is 0 Å². The van der Waals surface area contributed by atoms with Gasteiger partial charge in [0.15, 0.2) is 11.5 Å². The molecule has 0 aliphatic carbocycles. The Morgan fingerprint density at radius 3 is 2.52 bits per heavy atom. The fourth-order valence-corrected chi connectivity index (χ4v) is 3.64. The molecule has 0 fully saturated rings. The third-order valence-corrected chi connectivity index (χ3v) is 5.28. The second-order valence-corrected chi connectivity index (χ2v) is 7.87. The molecule has 5 nitrogen and oxygen atoms in total. The Labute approximate surface area is 192 Å². The molecule has 8 heteroatoms. The highest BCUT2D eigenvalue weighted by Crippen LogP contribution is 2.38. The quantitative estimate of drug-likeness (QED) is 0.344. The molecule has 0 spiro atoms. The monoisotopic (exact) mass is 507 g/mol. The van der Waals surface area contributed by atoms with E-state index < -0.39 is 5.97 Å². The lowest BCUT2D eigenvalue weighted by molar-refractivity contribution is 0.0697. The van der Waals surface area contributed by atoms with Crippen molar-refractivity contribution in [2.24, 2.45) is 0 Å². The molecule has 0 aliphatic heterocycles. The molecule has 0 saturated heterocycles. The third-order valence-electron chi connectivity index (χ3n) is 4.36. The average Bonchev–Trinajstić information content (AvgIpc) is 2.74. The van der Waals surface area contributed by atoms with E-state index >= 15 is 0 Å². The zero-order chi connectivity index (χ0) is 22.4. The lowest BCUT2D eigenvalue weighted by atomic mass is 10.1. The van der Waals surface area contributed by atoms with Gasteiger partial charge in [-0.2, -0.15) is 0 Å². The summed E-state index contributed by atoms with van der Waals surface area (Å²) in [5.74, 6) is -0.225. The molecule has 0 saturated carbocycles. The Morgan fingerprint density at radius 2 is 1.84 bits per heavy atom. The first-order valence-electron chi connectivity index (χ1n) is 9.46. The van der Waals surface area contributed by atoms with Crippen LogP contribution in [0.2, 0.25) is 5.02 Å². The standard InChI is InChI=1S/C23H20BrClFNO4/c1-2-30-21-10-15(12-27-20-11-16(23(28)29)5-8-19(20)25)9-18(24)22(21)31-13-14-3-6-17(26)7-4-14/h3-11,27H,2,12-13H2,1H3,(H,28,29). The van der Waals surface area contributed by atoms with Crippen LogP contribution in [-0.2, 0) is 13.2 Å². The van der Waals surface area contributed by atoms with Gasteiger partial charge in [0, 0.05) is 6.54 Å². The molecule has 31 heavy (non-hydrogen) atoms. The summed E-state index contributed by atoms with van der Waals surface area (Å²) < 4.78 is 25.5. The summed E-state index contributed by atoms with van der Waals surface area (Å²) in [4.78, 5) is 11.2. The van der Waals surface area contributed by atoms with Gasteiger partial charge < -0.3 is 19.9 Å². The van der Waals surface area contributed by atoms with Crippen LogP contribution in [0.3, 0.4) is 0 Å². The number of carboxylic acid groups (broad SMARTS) is 1. The molecule has 3 aromatic carbocycles. The Balaban J connectivity index is 1.77. The number of ether oxygens (including phenoxy) is 2. The van der Waals surface area contributed by atoms with Crippen LogP contribution in [0, 0.1) is 5.82 Å². The third kappa shape index (κ3) is 6.12. The van der Waals surface area contributed by atoms with E-state index in [1.807, 2.05) is 19.1 Å². The number of carboxylic acids is 1. The van der Waals surface area contributed by atoms with Gasteiger partial charge in [-0.1, -0.05) is 23.7 Å². The number of hydrogen-bond acceptors (Lipinski definition) is 4. The summed E-state index contributed by atoms with van der Waals surface area (Å²) in [5.41, 5.74) is 2.37. The van der Waals surface area contributed by atoms with E-state index in [9.17, 15) is 9.18 Å². The van der Waals surface area contributed by atoms with Gasteiger partial charge in [-0.05, 0) is 76.4 Å². The number of halogens is 3. The number of hydrogen-bond donors (Lipinski definition) is 2. The van der Waals surface area contributed by atoms with Crippen LogP contribution >= 0.6 is 27.5 Å². The van der Waals surface area contributed by atoms with Gasteiger partial charge in [0.05, 0.1) is 27.4 Å². The van der Waals surface area contributed by atoms with E-state index in [0.29, 0.717) is 39.8 Å². The Hall–Kier alpha value is -2.77. The summed E-state index contributed by atoms with van der Waals surface area (Å²) in [6.45, 7) is 2.97. The summed E-state index contributed by atoms with van der Waals surface area (Å²) in [6, 6.07) is 14.3. The van der Waals surface area contributed by atoms with Crippen LogP contribution in [0.1, 0.15) is 28.4 Å². The zero-order valence-corrected chi connectivity index (χ0v) is 19.0. The van der Waals surface area contributed by atoms with E-state index in [4.69, 9.17) is 26.2 Å². The Morgan fingerprint density at radius 1 is 1.10 bits per heavy atom. The molecule has 3 rings (SSSR count). The van der Waals surface area contributed by atoms with Crippen molar-refractivity contribution in [3.05, 3.63) is 86.6 Å². The van der Waals surface area contributed by atoms with E-state index in [2.05, 4.69) is 21.2 Å². The SMILES string of the molecule is CCOc1cc(CNc2cc(C(=O)O)ccc2Cl)cc(Br)c1OCc1ccc(F)cc1. The second-order valence-electron chi connectivity index (χ2n) is 6.61. The molecule has 0 aliphatic rings. The number of nitrogens with one attached hydrogen (secondary N) is 1. The topological polar surface area (TPSA) is 67.8 Å². The highest BCUT2D eigenvalue weighted by Gasteiger charge is 2.14. The molecule has 0 atom stereocenters. The van der Waals surface area contributed by atoms with Gasteiger partial charge in [0.1, 0.15) is 12.4 Å². The number of benzene rings is 3. The lowest BCUT2D eigenvalue weighted by Crippen LogP contribution is -2.05. The van der Waals surface area contributed by atoms with Crippen molar-refractivity contribution in [1.29, 1.82) is 0 Å². The molecular weight excluding hydrogens is 489 g/mol. The van der Waals surface area contributed by atoms with Crippen LogP contribution in [0.15, 0.2) is 59.1 Å². The normalized spacial score (nSPS) is 10.6. The fraction of sp³-hybridized carbons (Fsp3) is 0.174. The number of anilines is 1. The largest absolute Gasteiger partial charge is 0.490 e. The molecule has 2 N–H and O–H groups in total. The molecular formula is C23H20BrClFNO4. The number of carbonyl (C=O) groups is 1. The van der Waals surface area contributed by atoms with Crippen molar-refractivity contribution in [3.63, 3.8) is 0 Å². The predicted molar refractivity (Wildman–Crippen MR) is 122 cm³/mol. The predicted octanol–water partition coefficient (Wildman–Crippen LogP) is 6.53. The summed E-state index contributed by atoms with van der Waals surface area (Å²) in [5, 5.41) is 12.7. The van der Waals surface area contributed by atoms with E-state index in [-0.39, 0.29) is 18.0 Å². The van der Waals surface area contributed by atoms with Gasteiger partial charge in [-0.15, -0.1) is 0 Å². The van der Waals surface area contributed by atoms with Crippen molar-refractivity contribution in [2.75, 3.05) is 11.9 Å². The maximum atomic E-state index is 13.1. The van der Waals surface area contributed by atoms with Crippen molar-refractivity contribution < 1.29 is 23.8 Å². The van der Waals surface area contributed by atoms with Crippen LogP contribution in [0.4, 0.5) is 10.1 Å². The number of aromatic carboxylic acids is 1. The smallest absolute Gasteiger partial charge is 0.335 e. The molecule has 3 aromatic rings. The van der Waals surface area contributed by atoms with Gasteiger partial charge >= 0.3 is 5.97 Å². The van der Waals surface area contributed by atoms with Crippen molar-refractivity contribution in [1.82, 2.24) is 0 Å². The van der Waals surface area contributed by atoms with E-state index in [0.717, 1.165) is 11.1 Å². The molecule has 0 unspecified atom stereocenters. The second kappa shape index (κ2) is 10.5. The average molecular weight is 509 g/mol. The summed E-state index contributed by atoms with van der Waals surface area (Å²) in [6.07, 6.45) is 0. The summed E-state index contributed by atoms with van der Waals surface area (Å²) >= 11 is 9.71. The Bertz CT molecular complexity index is 1080. The summed E-state index contributed by atoms with van der Waals surface area (Å²) in [7, 11) is 0. The molecule has 0 aromatic heterocycles. The van der Waals surface area contributed by atoms with Crippen LogP contribution in [-0.4, -0.2) is 17.7 Å². The first-order chi connectivity index (χ1) is 14.9. The zero-order valence-electron chi connectivity index (χ0n) is 16.6. The van der Waals surface area contributed by atoms with Crippen molar-refractivity contribution >= 4 is 39.2 Å². The van der Waals surface area contributed by atoms with E-state index in [1.165, 1.54) is 24.3 Å². The van der Waals surface area contributed by atoms with Crippen molar-refractivity contribution in [2.45, 2.75) is 20.1 Å². The molecule has 162 valence electrons. The van der Waals surface area contributed by atoms with Crippen LogP contribution < -0.4 is 14.8 Å². The van der Waals surface area contributed by atoms with Gasteiger partial charge in [0.25, 0.3) is 0 Å². The first-order valence-corrected chi connectivity index (χ1v) is 10.6. The van der Waals surface area contributed by atoms with Gasteiger partial charge in [0.2, 0.25) is 0 Å². The van der Waals surface area contributed by atoms with Gasteiger partial charge in [-0.3, -0.25) is 0 Å².